The van der Waals surface area contributed by atoms with E-state index in [2.05, 4.69) is 4.98 Å². The van der Waals surface area contributed by atoms with Crippen LogP contribution in [0.25, 0.3) is 0 Å². The number of halogens is 1. The fraction of sp³-hybridized carbons (Fsp3) is 0.312. The number of nitrogens with zero attached hydrogens (tertiary/aromatic N) is 3. The molecular weight excluding hydrogens is 334 g/mol. The van der Waals surface area contributed by atoms with Crippen molar-refractivity contribution in [3.8, 4) is 0 Å². The van der Waals surface area contributed by atoms with Gasteiger partial charge in [-0.15, -0.1) is 11.3 Å². The number of benzene rings is 1. The molecule has 0 bridgehead atoms. The van der Waals surface area contributed by atoms with Crippen LogP contribution < -0.4 is 4.90 Å². The fourth-order valence-corrected chi connectivity index (χ4v) is 3.78. The molecule has 1 atom stereocenters. The summed E-state index contributed by atoms with van der Waals surface area (Å²) in [5, 5.41) is 0.198. The summed E-state index contributed by atoms with van der Waals surface area (Å²) in [5.41, 5.74) is 2.40. The van der Waals surface area contributed by atoms with Crippen LogP contribution >= 0.6 is 22.9 Å². The molecule has 2 aromatic rings. The van der Waals surface area contributed by atoms with Gasteiger partial charge >= 0.3 is 0 Å². The van der Waals surface area contributed by atoms with Crippen molar-refractivity contribution in [1.29, 1.82) is 0 Å². The highest BCUT2D eigenvalue weighted by atomic mass is 35.5. The third-order valence-electron chi connectivity index (χ3n) is 3.94. The zero-order chi connectivity index (χ0) is 16.4. The predicted octanol–water partition coefficient (Wildman–Crippen LogP) is 3.06. The van der Waals surface area contributed by atoms with Crippen molar-refractivity contribution in [2.45, 2.75) is 19.4 Å². The van der Waals surface area contributed by atoms with Gasteiger partial charge in [-0.05, 0) is 25.5 Å². The van der Waals surface area contributed by atoms with Gasteiger partial charge in [-0.2, -0.15) is 0 Å². The van der Waals surface area contributed by atoms with Gasteiger partial charge in [0.15, 0.2) is 5.15 Å². The monoisotopic (exact) mass is 349 g/mol. The standard InChI is InChI=1S/C16H16ClN3O2S/c1-2-19(16(22)13-14(17)18-10-23-13)12-8-9-20(15(12)21)11-6-4-3-5-7-11/h3-7,10,12H,2,8-9H2,1H3. The van der Waals surface area contributed by atoms with E-state index in [1.807, 2.05) is 37.3 Å². The van der Waals surface area contributed by atoms with Crippen molar-refractivity contribution in [1.82, 2.24) is 9.88 Å². The molecule has 1 fully saturated rings. The van der Waals surface area contributed by atoms with Gasteiger partial charge < -0.3 is 9.80 Å². The lowest BCUT2D eigenvalue weighted by Gasteiger charge is -2.26. The van der Waals surface area contributed by atoms with Crippen molar-refractivity contribution >= 4 is 40.4 Å². The maximum Gasteiger partial charge on any atom is 0.267 e. The molecule has 0 aliphatic carbocycles. The van der Waals surface area contributed by atoms with Crippen LogP contribution in [0.4, 0.5) is 5.69 Å². The Balaban J connectivity index is 1.82. The number of para-hydroxylation sites is 1. The zero-order valence-corrected chi connectivity index (χ0v) is 14.2. The highest BCUT2D eigenvalue weighted by molar-refractivity contribution is 7.12. The molecular formula is C16H16ClN3O2S. The van der Waals surface area contributed by atoms with E-state index in [9.17, 15) is 9.59 Å². The first-order valence-corrected chi connectivity index (χ1v) is 8.65. The van der Waals surface area contributed by atoms with E-state index < -0.39 is 6.04 Å². The van der Waals surface area contributed by atoms with Gasteiger partial charge in [-0.1, -0.05) is 29.8 Å². The smallest absolute Gasteiger partial charge is 0.267 e. The number of amides is 2. The number of anilines is 1. The lowest BCUT2D eigenvalue weighted by Crippen LogP contribution is -2.45. The van der Waals surface area contributed by atoms with Crippen molar-refractivity contribution in [3.63, 3.8) is 0 Å². The summed E-state index contributed by atoms with van der Waals surface area (Å²) in [7, 11) is 0. The van der Waals surface area contributed by atoms with Crippen LogP contribution in [0, 0.1) is 0 Å². The lowest BCUT2D eigenvalue weighted by atomic mass is 10.2. The molecule has 0 saturated carbocycles. The van der Waals surface area contributed by atoms with Gasteiger partial charge in [0.25, 0.3) is 5.91 Å². The van der Waals surface area contributed by atoms with Gasteiger partial charge in [-0.3, -0.25) is 9.59 Å². The van der Waals surface area contributed by atoms with Crippen LogP contribution in [-0.4, -0.2) is 40.8 Å². The molecule has 1 saturated heterocycles. The van der Waals surface area contributed by atoms with E-state index in [1.54, 1.807) is 9.80 Å². The highest BCUT2D eigenvalue weighted by Gasteiger charge is 2.39. The number of hydrogen-bond acceptors (Lipinski definition) is 4. The Bertz CT molecular complexity index is 719. The molecule has 0 N–H and O–H groups in total. The van der Waals surface area contributed by atoms with Crippen LogP contribution in [0.15, 0.2) is 35.8 Å². The summed E-state index contributed by atoms with van der Waals surface area (Å²) in [5.74, 6) is -0.278. The first kappa shape index (κ1) is 16.0. The number of thiazole rings is 1. The molecule has 1 aliphatic heterocycles. The largest absolute Gasteiger partial charge is 0.326 e. The molecule has 0 radical (unpaired) electrons. The first-order valence-electron chi connectivity index (χ1n) is 7.40. The average molecular weight is 350 g/mol. The van der Waals surface area contributed by atoms with Crippen molar-refractivity contribution in [3.05, 3.63) is 45.9 Å². The lowest BCUT2D eigenvalue weighted by molar-refractivity contribution is -0.120. The molecule has 3 rings (SSSR count). The zero-order valence-electron chi connectivity index (χ0n) is 12.6. The first-order chi connectivity index (χ1) is 11.1. The summed E-state index contributed by atoms with van der Waals surface area (Å²) in [6.45, 7) is 2.92. The Morgan fingerprint density at radius 1 is 1.43 bits per heavy atom. The minimum Gasteiger partial charge on any atom is -0.326 e. The predicted molar refractivity (Wildman–Crippen MR) is 91.0 cm³/mol. The summed E-state index contributed by atoms with van der Waals surface area (Å²) in [4.78, 5) is 33.0. The Kier molecular flexibility index (Phi) is 4.63. The van der Waals surface area contributed by atoms with E-state index in [0.29, 0.717) is 24.4 Å². The number of carbonyl (C=O) groups excluding carboxylic acids is 2. The second-order valence-electron chi connectivity index (χ2n) is 5.19. The Labute approximate surface area is 143 Å². The average Bonchev–Trinajstić information content (AvgIpc) is 3.15. The fourth-order valence-electron chi connectivity index (χ4n) is 2.83. The third kappa shape index (κ3) is 2.96. The summed E-state index contributed by atoms with van der Waals surface area (Å²) in [6.07, 6.45) is 0.615. The van der Waals surface area contributed by atoms with Crippen LogP contribution in [0.5, 0.6) is 0 Å². The molecule has 1 aromatic carbocycles. The minimum atomic E-state index is -0.453. The van der Waals surface area contributed by atoms with E-state index in [1.165, 1.54) is 16.8 Å². The summed E-state index contributed by atoms with van der Waals surface area (Å²) < 4.78 is 0. The number of carbonyl (C=O) groups is 2. The molecule has 2 amide bonds. The topological polar surface area (TPSA) is 53.5 Å². The maximum absolute atomic E-state index is 12.8. The van der Waals surface area contributed by atoms with Crippen molar-refractivity contribution in [2.75, 3.05) is 18.0 Å². The number of likely N-dealkylation sites (N-methyl/N-ethyl adjacent to an activating group) is 1. The SMILES string of the molecule is CCN(C(=O)c1scnc1Cl)C1CCN(c2ccccc2)C1=O. The minimum absolute atomic E-state index is 0.0490. The molecule has 5 nitrogen and oxygen atoms in total. The molecule has 1 unspecified atom stereocenters. The van der Waals surface area contributed by atoms with Gasteiger partial charge in [0.2, 0.25) is 5.91 Å². The number of rotatable bonds is 4. The van der Waals surface area contributed by atoms with Crippen LogP contribution in [0.2, 0.25) is 5.15 Å². The Morgan fingerprint density at radius 2 is 2.17 bits per heavy atom. The maximum atomic E-state index is 12.8. The van der Waals surface area contributed by atoms with Crippen molar-refractivity contribution in [2.24, 2.45) is 0 Å². The Morgan fingerprint density at radius 3 is 2.78 bits per heavy atom. The van der Waals surface area contributed by atoms with Gasteiger partial charge in [0, 0.05) is 18.8 Å². The van der Waals surface area contributed by atoms with Crippen LogP contribution in [0.3, 0.4) is 0 Å². The van der Waals surface area contributed by atoms with E-state index >= 15 is 0 Å². The summed E-state index contributed by atoms with van der Waals surface area (Å²) >= 11 is 7.16. The number of hydrogen-bond donors (Lipinski definition) is 0. The third-order valence-corrected chi connectivity index (χ3v) is 5.15. The van der Waals surface area contributed by atoms with Crippen LogP contribution in [-0.2, 0) is 4.79 Å². The molecule has 1 aromatic heterocycles. The molecule has 1 aliphatic rings. The summed E-state index contributed by atoms with van der Waals surface area (Å²) in [6, 6.07) is 9.06. The second-order valence-corrected chi connectivity index (χ2v) is 6.41. The van der Waals surface area contributed by atoms with E-state index in [4.69, 9.17) is 11.6 Å². The van der Waals surface area contributed by atoms with Gasteiger partial charge in [0.05, 0.1) is 5.51 Å². The van der Waals surface area contributed by atoms with Crippen LogP contribution in [0.1, 0.15) is 23.0 Å². The van der Waals surface area contributed by atoms with Gasteiger partial charge in [-0.25, -0.2) is 4.98 Å². The van der Waals surface area contributed by atoms with E-state index in [-0.39, 0.29) is 17.0 Å². The highest BCUT2D eigenvalue weighted by Crippen LogP contribution is 2.27. The molecule has 7 heteroatoms. The molecule has 0 spiro atoms. The molecule has 120 valence electrons. The molecule has 2 heterocycles. The van der Waals surface area contributed by atoms with Gasteiger partial charge in [0.1, 0.15) is 10.9 Å². The Hall–Kier alpha value is -1.92. The van der Waals surface area contributed by atoms with E-state index in [0.717, 1.165) is 5.69 Å². The van der Waals surface area contributed by atoms with Crippen molar-refractivity contribution < 1.29 is 9.59 Å². The second kappa shape index (κ2) is 6.68. The normalized spacial score (nSPS) is 17.6. The number of aromatic nitrogens is 1. The quantitative estimate of drug-likeness (QED) is 0.852. The molecule has 23 heavy (non-hydrogen) atoms.